The number of nitrogens with zero attached hydrogens (tertiary/aromatic N) is 2. The molecule has 3 heterocycles. The number of rotatable bonds is 7. The summed E-state index contributed by atoms with van der Waals surface area (Å²) in [6, 6.07) is 13.6. The minimum Gasteiger partial charge on any atom is -0.355 e. The van der Waals surface area contributed by atoms with E-state index < -0.39 is 0 Å². The molecule has 0 saturated carbocycles. The second-order valence-corrected chi connectivity index (χ2v) is 9.03. The van der Waals surface area contributed by atoms with Crippen LogP contribution >= 0.6 is 23.1 Å². The Kier molecular flexibility index (Phi) is 6.06. The number of thiophene rings is 1. The van der Waals surface area contributed by atoms with Crippen LogP contribution in [0.2, 0.25) is 0 Å². The van der Waals surface area contributed by atoms with Crippen molar-refractivity contribution in [3.8, 4) is 5.69 Å². The predicted octanol–water partition coefficient (Wildman–Crippen LogP) is 3.84. The smallest absolute Gasteiger partial charge is 0.283 e. The number of aromatic amines is 1. The van der Waals surface area contributed by atoms with Crippen LogP contribution in [0.25, 0.3) is 16.7 Å². The number of aryl methyl sites for hydroxylation is 2. The van der Waals surface area contributed by atoms with Crippen LogP contribution in [0.4, 0.5) is 0 Å². The molecule has 8 heteroatoms. The Labute approximate surface area is 182 Å². The first-order valence-corrected chi connectivity index (χ1v) is 11.5. The van der Waals surface area contributed by atoms with Crippen LogP contribution in [-0.4, -0.2) is 32.7 Å². The number of amides is 1. The average molecular weight is 439 g/mol. The maximum atomic E-state index is 13.2. The molecule has 0 fully saturated rings. The summed E-state index contributed by atoms with van der Waals surface area (Å²) in [5, 5.41) is 5.47. The number of aromatic nitrogens is 3. The van der Waals surface area contributed by atoms with Crippen molar-refractivity contribution in [2.24, 2.45) is 0 Å². The number of H-pyrrole nitrogens is 1. The molecule has 6 nitrogen and oxygen atoms in total. The number of benzene rings is 1. The van der Waals surface area contributed by atoms with Gasteiger partial charge in [-0.1, -0.05) is 35.5 Å². The van der Waals surface area contributed by atoms with Crippen LogP contribution in [-0.2, 0) is 11.2 Å². The van der Waals surface area contributed by atoms with Crippen molar-refractivity contribution in [3.63, 3.8) is 0 Å². The predicted molar refractivity (Wildman–Crippen MR) is 123 cm³/mol. The fraction of sp³-hybridized carbons (Fsp3) is 0.227. The lowest BCUT2D eigenvalue weighted by atomic mass is 10.2. The second kappa shape index (κ2) is 8.89. The summed E-state index contributed by atoms with van der Waals surface area (Å²) in [7, 11) is 0. The quantitative estimate of drug-likeness (QED) is 0.339. The minimum atomic E-state index is -0.169. The molecule has 0 unspecified atom stereocenters. The lowest BCUT2D eigenvalue weighted by molar-refractivity contribution is -0.118. The molecule has 0 saturated heterocycles. The Morgan fingerprint density at radius 2 is 2.03 bits per heavy atom. The largest absolute Gasteiger partial charge is 0.355 e. The minimum absolute atomic E-state index is 0.0772. The molecule has 0 aliphatic carbocycles. The van der Waals surface area contributed by atoms with Crippen molar-refractivity contribution in [1.29, 1.82) is 0 Å². The molecule has 2 N–H and O–H groups in total. The first kappa shape index (κ1) is 20.4. The van der Waals surface area contributed by atoms with Crippen LogP contribution in [0, 0.1) is 13.8 Å². The molecule has 154 valence electrons. The van der Waals surface area contributed by atoms with Gasteiger partial charge in [-0.05, 0) is 49.9 Å². The van der Waals surface area contributed by atoms with E-state index in [1.54, 1.807) is 15.9 Å². The monoisotopic (exact) mass is 438 g/mol. The number of fused-ring (bicyclic) bond motifs is 1. The van der Waals surface area contributed by atoms with Gasteiger partial charge in [-0.3, -0.25) is 14.2 Å². The van der Waals surface area contributed by atoms with Gasteiger partial charge in [0.05, 0.1) is 17.0 Å². The zero-order chi connectivity index (χ0) is 21.1. The van der Waals surface area contributed by atoms with E-state index in [0.29, 0.717) is 22.7 Å². The van der Waals surface area contributed by atoms with Crippen molar-refractivity contribution in [3.05, 3.63) is 74.3 Å². The van der Waals surface area contributed by atoms with E-state index in [0.717, 1.165) is 23.4 Å². The zero-order valence-electron chi connectivity index (χ0n) is 16.8. The maximum absolute atomic E-state index is 13.2. The molecule has 30 heavy (non-hydrogen) atoms. The highest BCUT2D eigenvalue weighted by Crippen LogP contribution is 2.22. The standard InChI is InChI=1S/C22H22N4O2S2/c1-14-5-7-16(8-6-14)26-21(28)20-18(12-15(2)24-20)25-22(26)30-13-19(27)23-10-9-17-4-3-11-29-17/h3-8,11-12,24H,9-10,13H2,1-2H3,(H,23,27). The van der Waals surface area contributed by atoms with E-state index >= 15 is 0 Å². The number of thioether (sulfide) groups is 1. The van der Waals surface area contributed by atoms with Crippen molar-refractivity contribution >= 4 is 40.0 Å². The van der Waals surface area contributed by atoms with Crippen molar-refractivity contribution in [2.45, 2.75) is 25.4 Å². The van der Waals surface area contributed by atoms with Gasteiger partial charge in [0.15, 0.2) is 5.16 Å². The third kappa shape index (κ3) is 4.49. The molecular weight excluding hydrogens is 416 g/mol. The highest BCUT2D eigenvalue weighted by molar-refractivity contribution is 7.99. The third-order valence-electron chi connectivity index (χ3n) is 4.65. The van der Waals surface area contributed by atoms with Crippen LogP contribution in [0.3, 0.4) is 0 Å². The molecule has 1 aromatic carbocycles. The van der Waals surface area contributed by atoms with Gasteiger partial charge in [0.2, 0.25) is 5.91 Å². The fourth-order valence-electron chi connectivity index (χ4n) is 3.16. The second-order valence-electron chi connectivity index (χ2n) is 7.05. The lowest BCUT2D eigenvalue weighted by Crippen LogP contribution is -2.28. The molecule has 4 rings (SSSR count). The highest BCUT2D eigenvalue weighted by atomic mass is 32.2. The summed E-state index contributed by atoms with van der Waals surface area (Å²) >= 11 is 2.95. The fourth-order valence-corrected chi connectivity index (χ4v) is 4.71. The normalized spacial score (nSPS) is 11.1. The Morgan fingerprint density at radius 1 is 1.23 bits per heavy atom. The van der Waals surface area contributed by atoms with Crippen molar-refractivity contribution in [2.75, 3.05) is 12.3 Å². The van der Waals surface area contributed by atoms with Crippen LogP contribution in [0.1, 0.15) is 16.1 Å². The summed E-state index contributed by atoms with van der Waals surface area (Å²) in [6.45, 7) is 4.48. The average Bonchev–Trinajstić information content (AvgIpc) is 3.37. The summed E-state index contributed by atoms with van der Waals surface area (Å²) in [5.41, 5.74) is 3.62. The Bertz CT molecular complexity index is 1220. The van der Waals surface area contributed by atoms with Gasteiger partial charge in [0.25, 0.3) is 5.56 Å². The summed E-state index contributed by atoms with van der Waals surface area (Å²) in [4.78, 5) is 34.5. The zero-order valence-corrected chi connectivity index (χ0v) is 18.4. The van der Waals surface area contributed by atoms with Crippen LogP contribution < -0.4 is 10.9 Å². The number of hydrogen-bond acceptors (Lipinski definition) is 5. The van der Waals surface area contributed by atoms with E-state index in [9.17, 15) is 9.59 Å². The number of carbonyl (C=O) groups is 1. The molecule has 0 radical (unpaired) electrons. The molecule has 0 bridgehead atoms. The van der Waals surface area contributed by atoms with Gasteiger partial charge in [0.1, 0.15) is 5.52 Å². The Hall–Kier alpha value is -2.84. The molecule has 3 aromatic heterocycles. The Morgan fingerprint density at radius 3 is 2.77 bits per heavy atom. The maximum Gasteiger partial charge on any atom is 0.283 e. The lowest BCUT2D eigenvalue weighted by Gasteiger charge is -2.12. The first-order valence-electron chi connectivity index (χ1n) is 9.62. The van der Waals surface area contributed by atoms with Gasteiger partial charge in [-0.2, -0.15) is 0 Å². The van der Waals surface area contributed by atoms with Crippen molar-refractivity contribution in [1.82, 2.24) is 19.9 Å². The van der Waals surface area contributed by atoms with E-state index in [2.05, 4.69) is 21.4 Å². The SMILES string of the molecule is Cc1ccc(-n2c(SCC(=O)NCCc3cccs3)nc3cc(C)[nH]c3c2=O)cc1. The molecule has 0 aliphatic rings. The summed E-state index contributed by atoms with van der Waals surface area (Å²) in [6.07, 6.45) is 0.814. The van der Waals surface area contributed by atoms with E-state index in [1.807, 2.05) is 55.6 Å². The van der Waals surface area contributed by atoms with Crippen LogP contribution in [0.15, 0.2) is 57.8 Å². The van der Waals surface area contributed by atoms with E-state index in [1.165, 1.54) is 16.6 Å². The molecule has 0 spiro atoms. The van der Waals surface area contributed by atoms with Crippen LogP contribution in [0.5, 0.6) is 0 Å². The van der Waals surface area contributed by atoms with E-state index in [4.69, 9.17) is 0 Å². The van der Waals surface area contributed by atoms with Gasteiger partial charge in [-0.15, -0.1) is 11.3 Å². The number of carbonyl (C=O) groups excluding carboxylic acids is 1. The molecule has 0 aliphatic heterocycles. The Balaban J connectivity index is 1.56. The summed E-state index contributed by atoms with van der Waals surface area (Å²) < 4.78 is 1.57. The molecule has 0 atom stereocenters. The number of nitrogens with one attached hydrogen (secondary N) is 2. The van der Waals surface area contributed by atoms with E-state index in [-0.39, 0.29) is 17.2 Å². The van der Waals surface area contributed by atoms with Crippen molar-refractivity contribution < 1.29 is 4.79 Å². The van der Waals surface area contributed by atoms with Gasteiger partial charge < -0.3 is 10.3 Å². The summed E-state index contributed by atoms with van der Waals surface area (Å²) in [5.74, 6) is 0.115. The molecule has 1 amide bonds. The van der Waals surface area contributed by atoms with Gasteiger partial charge >= 0.3 is 0 Å². The molecule has 4 aromatic rings. The van der Waals surface area contributed by atoms with Gasteiger partial charge in [-0.25, -0.2) is 4.98 Å². The third-order valence-corrected chi connectivity index (χ3v) is 6.53. The topological polar surface area (TPSA) is 79.8 Å². The van der Waals surface area contributed by atoms with Gasteiger partial charge in [0, 0.05) is 17.1 Å². The molecular formula is C22H22N4O2S2. The first-order chi connectivity index (χ1) is 14.5. The number of hydrogen-bond donors (Lipinski definition) is 2. The highest BCUT2D eigenvalue weighted by Gasteiger charge is 2.16.